The summed E-state index contributed by atoms with van der Waals surface area (Å²) in [6.07, 6.45) is 1.99. The number of ether oxygens (including phenoxy) is 1. The summed E-state index contributed by atoms with van der Waals surface area (Å²) < 4.78 is 5.17. The fourth-order valence-electron chi connectivity index (χ4n) is 3.76. The Labute approximate surface area is 107 Å². The molecule has 0 unspecified atom stereocenters. The van der Waals surface area contributed by atoms with Gasteiger partial charge < -0.3 is 9.84 Å². The molecule has 3 atom stereocenters. The molecular formula is C15H18O3. The van der Waals surface area contributed by atoms with Gasteiger partial charge in [-0.25, -0.2) is 0 Å². The molecule has 2 aliphatic rings. The predicted octanol–water partition coefficient (Wildman–Crippen LogP) is 2.41. The summed E-state index contributed by atoms with van der Waals surface area (Å²) in [6.45, 7) is 4.39. The van der Waals surface area contributed by atoms with Gasteiger partial charge in [-0.1, -0.05) is 13.0 Å². The molecule has 0 aromatic heterocycles. The first-order valence-electron chi connectivity index (χ1n) is 6.60. The van der Waals surface area contributed by atoms with Crippen molar-refractivity contribution in [2.24, 2.45) is 11.8 Å². The summed E-state index contributed by atoms with van der Waals surface area (Å²) in [5, 5.41) is 9.65. The van der Waals surface area contributed by atoms with E-state index < -0.39 is 0 Å². The molecule has 0 bridgehead atoms. The van der Waals surface area contributed by atoms with Gasteiger partial charge in [-0.15, -0.1) is 0 Å². The summed E-state index contributed by atoms with van der Waals surface area (Å²) in [5.74, 6) is 0.498. The molecule has 2 aliphatic carbocycles. The average Bonchev–Trinajstić information content (AvgIpc) is 2.75. The molecule has 0 amide bonds. The average molecular weight is 246 g/mol. The second-order valence-electron chi connectivity index (χ2n) is 5.40. The summed E-state index contributed by atoms with van der Waals surface area (Å²) in [6, 6.07) is 5.54. The molecule has 3 heteroatoms. The van der Waals surface area contributed by atoms with Gasteiger partial charge in [0.05, 0.1) is 12.5 Å². The van der Waals surface area contributed by atoms with Crippen LogP contribution in [-0.2, 0) is 21.4 Å². The van der Waals surface area contributed by atoms with Crippen molar-refractivity contribution in [2.45, 2.75) is 32.1 Å². The van der Waals surface area contributed by atoms with Crippen LogP contribution in [-0.4, -0.2) is 17.7 Å². The number of fused-ring (bicyclic) bond motifs is 2. The second kappa shape index (κ2) is 3.74. The van der Waals surface area contributed by atoms with Crippen LogP contribution in [0, 0.1) is 11.8 Å². The minimum atomic E-state index is -0.0822. The topological polar surface area (TPSA) is 46.5 Å². The number of benzene rings is 1. The van der Waals surface area contributed by atoms with Crippen molar-refractivity contribution in [2.75, 3.05) is 6.61 Å². The number of hydrogen-bond donors (Lipinski definition) is 1. The van der Waals surface area contributed by atoms with Crippen LogP contribution >= 0.6 is 0 Å². The smallest absolute Gasteiger partial charge is 0.310 e. The van der Waals surface area contributed by atoms with Crippen LogP contribution in [0.2, 0.25) is 0 Å². The molecule has 1 fully saturated rings. The standard InChI is InChI=1S/C15H18O3/c1-3-18-14(17)13-9(2)15(13)7-6-10-4-5-11(16)8-12(10)15/h4-5,8-9,13,16H,3,6-7H2,1-2H3/t9-,13-,15+/m0/s1. The van der Waals surface area contributed by atoms with Crippen LogP contribution in [0.1, 0.15) is 31.4 Å². The number of phenols is 1. The van der Waals surface area contributed by atoms with Crippen LogP contribution in [0.4, 0.5) is 0 Å². The van der Waals surface area contributed by atoms with Gasteiger partial charge in [-0.3, -0.25) is 4.79 Å². The zero-order chi connectivity index (χ0) is 12.9. The van der Waals surface area contributed by atoms with Crippen molar-refractivity contribution in [3.63, 3.8) is 0 Å². The Morgan fingerprint density at radius 1 is 1.56 bits per heavy atom. The molecule has 0 heterocycles. The van der Waals surface area contributed by atoms with E-state index in [0.717, 1.165) is 18.4 Å². The third-order valence-electron chi connectivity index (χ3n) is 4.70. The number of carbonyl (C=O) groups excluding carboxylic acids is 1. The fraction of sp³-hybridized carbons (Fsp3) is 0.533. The van der Waals surface area contributed by atoms with E-state index >= 15 is 0 Å². The Kier molecular flexibility index (Phi) is 2.40. The number of rotatable bonds is 2. The highest BCUT2D eigenvalue weighted by molar-refractivity contribution is 5.81. The quantitative estimate of drug-likeness (QED) is 0.815. The molecular weight excluding hydrogens is 228 g/mol. The maximum Gasteiger partial charge on any atom is 0.310 e. The number of carbonyl (C=O) groups is 1. The lowest BCUT2D eigenvalue weighted by Gasteiger charge is -2.11. The Bertz CT molecular complexity index is 508. The summed E-state index contributed by atoms with van der Waals surface area (Å²) in [5.41, 5.74) is 2.36. The predicted molar refractivity (Wildman–Crippen MR) is 67.4 cm³/mol. The van der Waals surface area contributed by atoms with Crippen molar-refractivity contribution in [3.05, 3.63) is 29.3 Å². The van der Waals surface area contributed by atoms with E-state index in [4.69, 9.17) is 4.74 Å². The van der Waals surface area contributed by atoms with Crippen LogP contribution in [0.3, 0.4) is 0 Å². The van der Waals surface area contributed by atoms with Gasteiger partial charge in [0, 0.05) is 5.41 Å². The van der Waals surface area contributed by atoms with Crippen molar-refractivity contribution in [1.29, 1.82) is 0 Å². The van der Waals surface area contributed by atoms with Crippen LogP contribution < -0.4 is 0 Å². The van der Waals surface area contributed by atoms with Gasteiger partial charge in [-0.2, -0.15) is 0 Å². The lowest BCUT2D eigenvalue weighted by atomic mass is 9.93. The molecule has 18 heavy (non-hydrogen) atoms. The normalized spacial score (nSPS) is 32.3. The monoisotopic (exact) mass is 246 g/mol. The number of hydrogen-bond acceptors (Lipinski definition) is 3. The molecule has 0 saturated heterocycles. The van der Waals surface area contributed by atoms with Crippen molar-refractivity contribution in [1.82, 2.24) is 0 Å². The van der Waals surface area contributed by atoms with E-state index in [1.807, 2.05) is 19.1 Å². The number of phenolic OH excluding ortho intramolecular Hbond substituents is 1. The first kappa shape index (κ1) is 11.6. The maximum atomic E-state index is 12.0. The van der Waals surface area contributed by atoms with E-state index in [1.54, 1.807) is 6.07 Å². The van der Waals surface area contributed by atoms with Crippen molar-refractivity contribution < 1.29 is 14.6 Å². The van der Waals surface area contributed by atoms with Gasteiger partial charge >= 0.3 is 5.97 Å². The first-order chi connectivity index (χ1) is 8.61. The molecule has 0 aliphatic heterocycles. The van der Waals surface area contributed by atoms with Crippen LogP contribution in [0.15, 0.2) is 18.2 Å². The van der Waals surface area contributed by atoms with Gasteiger partial charge in [0.1, 0.15) is 5.75 Å². The molecule has 96 valence electrons. The van der Waals surface area contributed by atoms with E-state index in [9.17, 15) is 9.90 Å². The number of esters is 1. The van der Waals surface area contributed by atoms with E-state index in [-0.39, 0.29) is 23.1 Å². The lowest BCUT2D eigenvalue weighted by molar-refractivity contribution is -0.145. The zero-order valence-corrected chi connectivity index (χ0v) is 10.8. The maximum absolute atomic E-state index is 12.0. The molecule has 1 spiro atoms. The van der Waals surface area contributed by atoms with Crippen molar-refractivity contribution in [3.8, 4) is 5.75 Å². The third kappa shape index (κ3) is 1.33. The second-order valence-corrected chi connectivity index (χ2v) is 5.40. The lowest BCUT2D eigenvalue weighted by Crippen LogP contribution is -2.15. The highest BCUT2D eigenvalue weighted by Gasteiger charge is 2.68. The molecule has 1 aromatic rings. The largest absolute Gasteiger partial charge is 0.508 e. The van der Waals surface area contributed by atoms with E-state index in [0.29, 0.717) is 12.5 Å². The molecule has 0 radical (unpaired) electrons. The Balaban J connectivity index is 1.96. The molecule has 1 N–H and O–H groups in total. The summed E-state index contributed by atoms with van der Waals surface area (Å²) in [4.78, 5) is 12.0. The minimum absolute atomic E-state index is 0.0273. The van der Waals surface area contributed by atoms with E-state index in [2.05, 4.69) is 6.92 Å². The van der Waals surface area contributed by atoms with Gasteiger partial charge in [0.2, 0.25) is 0 Å². The summed E-state index contributed by atoms with van der Waals surface area (Å²) in [7, 11) is 0. The van der Waals surface area contributed by atoms with Crippen LogP contribution in [0.5, 0.6) is 5.75 Å². The molecule has 3 rings (SSSR count). The minimum Gasteiger partial charge on any atom is -0.508 e. The number of aromatic hydroxyl groups is 1. The molecule has 1 aromatic carbocycles. The Morgan fingerprint density at radius 3 is 3.06 bits per heavy atom. The van der Waals surface area contributed by atoms with E-state index in [1.165, 1.54) is 5.56 Å². The van der Waals surface area contributed by atoms with Gasteiger partial charge in [0.25, 0.3) is 0 Å². The van der Waals surface area contributed by atoms with Crippen molar-refractivity contribution >= 4 is 5.97 Å². The SMILES string of the molecule is CCOC(=O)[C@@H]1[C@H](C)[C@@]12CCc1ccc(O)cc12. The number of aryl methyl sites for hydroxylation is 1. The van der Waals surface area contributed by atoms with Crippen LogP contribution in [0.25, 0.3) is 0 Å². The fourth-order valence-corrected chi connectivity index (χ4v) is 3.76. The molecule has 3 nitrogen and oxygen atoms in total. The Hall–Kier alpha value is -1.51. The first-order valence-corrected chi connectivity index (χ1v) is 6.60. The van der Waals surface area contributed by atoms with Gasteiger partial charge in [0.15, 0.2) is 0 Å². The highest BCUT2D eigenvalue weighted by Crippen LogP contribution is 2.66. The summed E-state index contributed by atoms with van der Waals surface area (Å²) >= 11 is 0. The Morgan fingerprint density at radius 2 is 2.33 bits per heavy atom. The highest BCUT2D eigenvalue weighted by atomic mass is 16.5. The third-order valence-corrected chi connectivity index (χ3v) is 4.70. The van der Waals surface area contributed by atoms with Gasteiger partial charge in [-0.05, 0) is 48.9 Å². The zero-order valence-electron chi connectivity index (χ0n) is 10.8. The molecule has 1 saturated carbocycles.